The molecule has 3 aromatic carbocycles. The van der Waals surface area contributed by atoms with Gasteiger partial charge in [-0.3, -0.25) is 9.69 Å². The van der Waals surface area contributed by atoms with Gasteiger partial charge in [0.1, 0.15) is 11.6 Å². The normalized spacial score (nSPS) is 13.8. The number of benzene rings is 3. The van der Waals surface area contributed by atoms with Gasteiger partial charge in [0.2, 0.25) is 0 Å². The molecule has 6 nitrogen and oxygen atoms in total. The average Bonchev–Trinajstić information content (AvgIpc) is 2.88. The largest absolute Gasteiger partial charge is 0.496 e. The molecule has 0 spiro atoms. The van der Waals surface area contributed by atoms with Gasteiger partial charge in [-0.1, -0.05) is 18.2 Å². The number of piperazine rings is 1. The summed E-state index contributed by atoms with van der Waals surface area (Å²) in [6.07, 6.45) is 0. The molecule has 1 aliphatic heterocycles. The molecule has 34 heavy (non-hydrogen) atoms. The van der Waals surface area contributed by atoms with Gasteiger partial charge in [-0.05, 0) is 53.6 Å². The fourth-order valence-corrected chi connectivity index (χ4v) is 4.10. The van der Waals surface area contributed by atoms with Crippen LogP contribution in [-0.2, 0) is 13.1 Å². The number of halogens is 1. The zero-order valence-electron chi connectivity index (χ0n) is 19.1. The van der Waals surface area contributed by atoms with Crippen LogP contribution in [0.4, 0.5) is 4.39 Å². The van der Waals surface area contributed by atoms with E-state index in [9.17, 15) is 9.18 Å². The highest BCUT2D eigenvalue weighted by atomic mass is 19.1. The molecule has 1 fully saturated rings. The molecule has 174 valence electrons. The van der Waals surface area contributed by atoms with E-state index in [-0.39, 0.29) is 18.3 Å². The smallest absolute Gasteiger partial charge is 0.251 e. The van der Waals surface area contributed by atoms with Gasteiger partial charge >= 0.3 is 0 Å². The second-order valence-electron chi connectivity index (χ2n) is 8.24. The molecule has 3 aromatic rings. The summed E-state index contributed by atoms with van der Waals surface area (Å²) in [5.74, 6) is 0.173. The molecule has 7 heteroatoms. The number of carbonyl (C=O) groups excluding carboxylic acids is 1. The predicted molar refractivity (Wildman–Crippen MR) is 129 cm³/mol. The molecular formula is C27H27FN4O2. The number of nitriles is 1. The van der Waals surface area contributed by atoms with Gasteiger partial charge < -0.3 is 15.4 Å². The highest BCUT2D eigenvalue weighted by Crippen LogP contribution is 2.30. The fraction of sp³-hybridized carbons (Fsp3) is 0.259. The van der Waals surface area contributed by atoms with Gasteiger partial charge in [0.15, 0.2) is 0 Å². The molecule has 0 atom stereocenters. The van der Waals surface area contributed by atoms with Crippen LogP contribution in [0.3, 0.4) is 0 Å². The number of nitrogens with zero attached hydrogens (tertiary/aromatic N) is 2. The number of carbonyl (C=O) groups is 1. The Morgan fingerprint density at radius 1 is 1.15 bits per heavy atom. The number of methoxy groups -OCH3 is 1. The van der Waals surface area contributed by atoms with E-state index in [0.717, 1.165) is 55.2 Å². The zero-order chi connectivity index (χ0) is 23.9. The molecule has 2 N–H and O–H groups in total. The first-order valence-corrected chi connectivity index (χ1v) is 11.2. The SMILES string of the molecule is COc1ccc(-c2cc(CNC(=O)c3cccc(C#N)c3)ccc2F)cc1CN1CCNCC1. The fourth-order valence-electron chi connectivity index (χ4n) is 4.10. The molecule has 1 aliphatic rings. The Bertz CT molecular complexity index is 1220. The van der Waals surface area contributed by atoms with E-state index in [1.807, 2.05) is 24.3 Å². The van der Waals surface area contributed by atoms with E-state index in [1.54, 1.807) is 43.5 Å². The van der Waals surface area contributed by atoms with Gasteiger partial charge in [0, 0.05) is 56.0 Å². The van der Waals surface area contributed by atoms with Crippen LogP contribution >= 0.6 is 0 Å². The standard InChI is InChI=1S/C27H27FN4O2/c1-34-26-8-6-21(15-23(26)18-32-11-9-30-10-12-32)24-14-20(5-7-25(24)28)17-31-27(33)22-4-2-3-19(13-22)16-29/h2-8,13-15,30H,9-12,17-18H2,1H3,(H,31,33). The minimum Gasteiger partial charge on any atom is -0.496 e. The number of hydrogen-bond acceptors (Lipinski definition) is 5. The van der Waals surface area contributed by atoms with Gasteiger partial charge in [-0.15, -0.1) is 0 Å². The Balaban J connectivity index is 1.52. The lowest BCUT2D eigenvalue weighted by Gasteiger charge is -2.28. The quantitative estimate of drug-likeness (QED) is 0.565. The summed E-state index contributed by atoms with van der Waals surface area (Å²) in [7, 11) is 1.65. The number of amides is 1. The number of hydrogen-bond donors (Lipinski definition) is 2. The number of ether oxygens (including phenoxy) is 1. The van der Waals surface area contributed by atoms with Crippen molar-refractivity contribution < 1.29 is 13.9 Å². The topological polar surface area (TPSA) is 77.4 Å². The van der Waals surface area contributed by atoms with E-state index in [1.165, 1.54) is 6.07 Å². The summed E-state index contributed by atoms with van der Waals surface area (Å²) in [5, 5.41) is 15.2. The van der Waals surface area contributed by atoms with Crippen molar-refractivity contribution in [3.8, 4) is 22.9 Å². The Morgan fingerprint density at radius 2 is 1.97 bits per heavy atom. The highest BCUT2D eigenvalue weighted by Gasteiger charge is 2.15. The van der Waals surface area contributed by atoms with Crippen LogP contribution in [0.2, 0.25) is 0 Å². The Kier molecular flexibility index (Phi) is 7.53. The third kappa shape index (κ3) is 5.60. The third-order valence-electron chi connectivity index (χ3n) is 5.93. The molecule has 1 heterocycles. The monoisotopic (exact) mass is 458 g/mol. The molecule has 0 bridgehead atoms. The van der Waals surface area contributed by atoms with E-state index < -0.39 is 0 Å². The third-order valence-corrected chi connectivity index (χ3v) is 5.93. The van der Waals surface area contributed by atoms with Crippen molar-refractivity contribution in [3.05, 3.63) is 88.7 Å². The summed E-state index contributed by atoms with van der Waals surface area (Å²) >= 11 is 0. The molecule has 4 rings (SSSR count). The summed E-state index contributed by atoms with van der Waals surface area (Å²) in [6, 6.07) is 19.1. The van der Waals surface area contributed by atoms with Crippen molar-refractivity contribution in [1.29, 1.82) is 5.26 Å². The first-order valence-electron chi connectivity index (χ1n) is 11.2. The molecule has 1 amide bonds. The van der Waals surface area contributed by atoms with E-state index in [2.05, 4.69) is 15.5 Å². The van der Waals surface area contributed by atoms with Crippen molar-refractivity contribution in [2.45, 2.75) is 13.1 Å². The lowest BCUT2D eigenvalue weighted by atomic mass is 9.99. The summed E-state index contributed by atoms with van der Waals surface area (Å²) in [5.41, 5.74) is 3.86. The Morgan fingerprint density at radius 3 is 2.74 bits per heavy atom. The molecular weight excluding hydrogens is 431 g/mol. The highest BCUT2D eigenvalue weighted by molar-refractivity contribution is 5.94. The molecule has 0 saturated carbocycles. The molecule has 0 unspecified atom stereocenters. The van der Waals surface area contributed by atoms with Crippen molar-refractivity contribution in [2.75, 3.05) is 33.3 Å². The molecule has 1 saturated heterocycles. The van der Waals surface area contributed by atoms with Crippen molar-refractivity contribution in [2.24, 2.45) is 0 Å². The lowest BCUT2D eigenvalue weighted by Crippen LogP contribution is -2.42. The van der Waals surface area contributed by atoms with E-state index in [4.69, 9.17) is 10.00 Å². The zero-order valence-corrected chi connectivity index (χ0v) is 19.1. The number of rotatable bonds is 7. The predicted octanol–water partition coefficient (Wildman–Crippen LogP) is 3.71. The molecule has 0 aromatic heterocycles. The molecule has 0 aliphatic carbocycles. The summed E-state index contributed by atoms with van der Waals surface area (Å²) < 4.78 is 20.4. The lowest BCUT2D eigenvalue weighted by molar-refractivity contribution is 0.0951. The van der Waals surface area contributed by atoms with Crippen LogP contribution in [0.25, 0.3) is 11.1 Å². The van der Waals surface area contributed by atoms with Gasteiger partial charge in [-0.2, -0.15) is 5.26 Å². The summed E-state index contributed by atoms with van der Waals surface area (Å²) in [4.78, 5) is 14.8. The van der Waals surface area contributed by atoms with Gasteiger partial charge in [0.25, 0.3) is 5.91 Å². The molecule has 0 radical (unpaired) electrons. The van der Waals surface area contributed by atoms with Gasteiger partial charge in [0.05, 0.1) is 18.7 Å². The second-order valence-corrected chi connectivity index (χ2v) is 8.24. The van der Waals surface area contributed by atoms with Crippen LogP contribution in [0.15, 0.2) is 60.7 Å². The average molecular weight is 459 g/mol. The van der Waals surface area contributed by atoms with Crippen LogP contribution in [-0.4, -0.2) is 44.1 Å². The second kappa shape index (κ2) is 10.9. The van der Waals surface area contributed by atoms with Gasteiger partial charge in [-0.25, -0.2) is 4.39 Å². The number of nitrogens with one attached hydrogen (secondary N) is 2. The minimum absolute atomic E-state index is 0.243. The maximum atomic E-state index is 14.8. The van der Waals surface area contributed by atoms with Crippen molar-refractivity contribution in [1.82, 2.24) is 15.5 Å². The van der Waals surface area contributed by atoms with Crippen LogP contribution in [0, 0.1) is 17.1 Å². The first-order chi connectivity index (χ1) is 16.6. The maximum absolute atomic E-state index is 14.8. The van der Waals surface area contributed by atoms with Crippen molar-refractivity contribution >= 4 is 5.91 Å². The van der Waals surface area contributed by atoms with Crippen LogP contribution in [0.5, 0.6) is 5.75 Å². The van der Waals surface area contributed by atoms with Crippen LogP contribution < -0.4 is 15.4 Å². The Labute approximate surface area is 199 Å². The van der Waals surface area contributed by atoms with Crippen molar-refractivity contribution in [3.63, 3.8) is 0 Å². The Hall–Kier alpha value is -3.73. The maximum Gasteiger partial charge on any atom is 0.251 e. The van der Waals surface area contributed by atoms with Crippen LogP contribution in [0.1, 0.15) is 27.0 Å². The minimum atomic E-state index is -0.324. The summed E-state index contributed by atoms with van der Waals surface area (Å²) in [6.45, 7) is 4.78. The van der Waals surface area contributed by atoms with E-state index >= 15 is 0 Å². The van der Waals surface area contributed by atoms with E-state index in [0.29, 0.717) is 16.7 Å². The first kappa shape index (κ1) is 23.4.